The van der Waals surface area contributed by atoms with Crippen molar-refractivity contribution in [3.8, 4) is 0 Å². The molecule has 0 aromatic heterocycles. The van der Waals surface area contributed by atoms with Crippen LogP contribution in [0.15, 0.2) is 34.8 Å². The van der Waals surface area contributed by atoms with Crippen LogP contribution in [0.3, 0.4) is 0 Å². The maximum absolute atomic E-state index is 4.04. The standard InChI is InChI=1S/C22H34N2S/c1-15(23-2)18-12-19(16-8-4-3-5-9-16)22(24-14-18)21-13-17-10-6-7-11-20(17)25-21/h3-5,8,15-16,18-19,21-24H,6-7,9-14H2,1-2H3. The summed E-state index contributed by atoms with van der Waals surface area (Å²) in [7, 11) is 2.11. The number of hydrogen-bond acceptors (Lipinski definition) is 3. The molecule has 2 N–H and O–H groups in total. The van der Waals surface area contributed by atoms with E-state index in [0.29, 0.717) is 18.0 Å². The monoisotopic (exact) mass is 358 g/mol. The van der Waals surface area contributed by atoms with Gasteiger partial charge in [0, 0.05) is 17.3 Å². The van der Waals surface area contributed by atoms with E-state index in [-0.39, 0.29) is 0 Å². The van der Waals surface area contributed by atoms with E-state index in [4.69, 9.17) is 0 Å². The van der Waals surface area contributed by atoms with E-state index in [1.807, 2.05) is 5.57 Å². The second-order valence-electron chi connectivity index (χ2n) is 8.48. The highest BCUT2D eigenvalue weighted by atomic mass is 32.2. The number of thioether (sulfide) groups is 1. The fourth-order valence-electron chi connectivity index (χ4n) is 5.37. The number of piperidine rings is 1. The SMILES string of the molecule is CNC(C)C1CNC(C2CC3=C(CCCC3)S2)C(C2C=CC=CC2)C1. The Bertz CT molecular complexity index is 546. The largest absolute Gasteiger partial charge is 0.317 e. The molecule has 1 saturated heterocycles. The van der Waals surface area contributed by atoms with Gasteiger partial charge >= 0.3 is 0 Å². The second-order valence-corrected chi connectivity index (χ2v) is 9.81. The van der Waals surface area contributed by atoms with Crippen LogP contribution in [0.5, 0.6) is 0 Å². The van der Waals surface area contributed by atoms with Crippen LogP contribution in [0.2, 0.25) is 0 Å². The number of hydrogen-bond donors (Lipinski definition) is 2. The molecule has 0 aromatic carbocycles. The molecule has 3 heteroatoms. The average Bonchev–Trinajstić information content (AvgIpc) is 3.11. The summed E-state index contributed by atoms with van der Waals surface area (Å²) in [4.78, 5) is 1.77. The van der Waals surface area contributed by atoms with E-state index in [9.17, 15) is 0 Å². The van der Waals surface area contributed by atoms with Gasteiger partial charge in [-0.25, -0.2) is 0 Å². The summed E-state index contributed by atoms with van der Waals surface area (Å²) in [6.07, 6.45) is 18.9. The predicted octanol–water partition coefficient (Wildman–Crippen LogP) is 4.65. The summed E-state index contributed by atoms with van der Waals surface area (Å²) in [5, 5.41) is 8.31. The van der Waals surface area contributed by atoms with Crippen molar-refractivity contribution in [3.05, 3.63) is 34.8 Å². The van der Waals surface area contributed by atoms with Gasteiger partial charge in [-0.15, -0.1) is 11.8 Å². The lowest BCUT2D eigenvalue weighted by Crippen LogP contribution is -2.55. The molecule has 6 unspecified atom stereocenters. The van der Waals surface area contributed by atoms with Crippen molar-refractivity contribution in [1.29, 1.82) is 0 Å². The van der Waals surface area contributed by atoms with Gasteiger partial charge in [0.1, 0.15) is 0 Å². The zero-order valence-electron chi connectivity index (χ0n) is 15.8. The molecule has 138 valence electrons. The van der Waals surface area contributed by atoms with Crippen molar-refractivity contribution < 1.29 is 0 Å². The smallest absolute Gasteiger partial charge is 0.0285 e. The minimum Gasteiger partial charge on any atom is -0.317 e. The van der Waals surface area contributed by atoms with Gasteiger partial charge in [-0.3, -0.25) is 0 Å². The molecule has 6 atom stereocenters. The third kappa shape index (κ3) is 3.79. The van der Waals surface area contributed by atoms with Crippen molar-refractivity contribution in [2.75, 3.05) is 13.6 Å². The summed E-state index contributed by atoms with van der Waals surface area (Å²) in [5.41, 5.74) is 1.81. The minimum atomic E-state index is 0.599. The van der Waals surface area contributed by atoms with Gasteiger partial charge in [0.05, 0.1) is 0 Å². The lowest BCUT2D eigenvalue weighted by molar-refractivity contribution is 0.152. The van der Waals surface area contributed by atoms with E-state index in [1.54, 1.807) is 4.91 Å². The van der Waals surface area contributed by atoms with Gasteiger partial charge in [0.2, 0.25) is 0 Å². The van der Waals surface area contributed by atoms with E-state index in [0.717, 1.165) is 17.1 Å². The van der Waals surface area contributed by atoms with Crippen LogP contribution in [0, 0.1) is 17.8 Å². The Hall–Kier alpha value is -0.510. The molecule has 4 aliphatic rings. The molecule has 0 saturated carbocycles. The quantitative estimate of drug-likeness (QED) is 0.764. The lowest BCUT2D eigenvalue weighted by Gasteiger charge is -2.45. The van der Waals surface area contributed by atoms with Gasteiger partial charge in [0.15, 0.2) is 0 Å². The predicted molar refractivity (Wildman–Crippen MR) is 110 cm³/mol. The van der Waals surface area contributed by atoms with Crippen molar-refractivity contribution in [2.45, 2.75) is 69.2 Å². The molecule has 2 aliphatic carbocycles. The van der Waals surface area contributed by atoms with Gasteiger partial charge in [-0.2, -0.15) is 0 Å². The van der Waals surface area contributed by atoms with Gasteiger partial charge < -0.3 is 10.6 Å². The van der Waals surface area contributed by atoms with Crippen molar-refractivity contribution in [2.24, 2.45) is 17.8 Å². The fourth-order valence-corrected chi connectivity index (χ4v) is 7.08. The maximum Gasteiger partial charge on any atom is 0.0285 e. The van der Waals surface area contributed by atoms with Gasteiger partial charge in [-0.1, -0.05) is 29.9 Å². The van der Waals surface area contributed by atoms with Crippen molar-refractivity contribution in [1.82, 2.24) is 10.6 Å². The molecular formula is C22H34N2S. The molecule has 0 bridgehead atoms. The molecule has 25 heavy (non-hydrogen) atoms. The lowest BCUT2D eigenvalue weighted by atomic mass is 9.71. The van der Waals surface area contributed by atoms with Crippen LogP contribution >= 0.6 is 11.8 Å². The normalized spacial score (nSPS) is 39.5. The highest BCUT2D eigenvalue weighted by Crippen LogP contribution is 2.49. The first-order valence-electron chi connectivity index (χ1n) is 10.4. The summed E-state index contributed by atoms with van der Waals surface area (Å²) in [6.45, 7) is 3.53. The summed E-state index contributed by atoms with van der Waals surface area (Å²) >= 11 is 2.24. The molecule has 0 radical (unpaired) electrons. The summed E-state index contributed by atoms with van der Waals surface area (Å²) in [5.74, 6) is 2.24. The van der Waals surface area contributed by atoms with Crippen LogP contribution in [0.1, 0.15) is 51.9 Å². The van der Waals surface area contributed by atoms with Crippen LogP contribution in [-0.2, 0) is 0 Å². The Kier molecular flexibility index (Phi) is 5.74. The molecule has 2 heterocycles. The number of allylic oxidation sites excluding steroid dienone is 6. The first kappa shape index (κ1) is 17.9. The molecule has 0 spiro atoms. The Morgan fingerprint density at radius 3 is 2.88 bits per heavy atom. The highest BCUT2D eigenvalue weighted by molar-refractivity contribution is 8.04. The molecule has 2 aliphatic heterocycles. The highest BCUT2D eigenvalue weighted by Gasteiger charge is 2.42. The Morgan fingerprint density at radius 1 is 1.24 bits per heavy atom. The van der Waals surface area contributed by atoms with Crippen molar-refractivity contribution >= 4 is 11.8 Å². The first-order chi connectivity index (χ1) is 12.3. The fraction of sp³-hybridized carbons (Fsp3) is 0.727. The molecule has 1 fully saturated rings. The van der Waals surface area contributed by atoms with Gasteiger partial charge in [-0.05, 0) is 88.1 Å². The Labute approximate surface area is 158 Å². The third-order valence-corrected chi connectivity index (χ3v) is 8.59. The van der Waals surface area contributed by atoms with Gasteiger partial charge in [0.25, 0.3) is 0 Å². The van der Waals surface area contributed by atoms with E-state index in [1.165, 1.54) is 51.5 Å². The summed E-state index contributed by atoms with van der Waals surface area (Å²) < 4.78 is 0. The number of rotatable bonds is 4. The minimum absolute atomic E-state index is 0.599. The van der Waals surface area contributed by atoms with E-state index < -0.39 is 0 Å². The van der Waals surface area contributed by atoms with E-state index in [2.05, 4.69) is 60.7 Å². The molecule has 4 rings (SSSR count). The van der Waals surface area contributed by atoms with E-state index >= 15 is 0 Å². The average molecular weight is 359 g/mol. The zero-order chi connectivity index (χ0) is 17.2. The maximum atomic E-state index is 4.04. The first-order valence-corrected chi connectivity index (χ1v) is 11.3. The van der Waals surface area contributed by atoms with Crippen LogP contribution < -0.4 is 10.6 Å². The van der Waals surface area contributed by atoms with Crippen LogP contribution in [0.25, 0.3) is 0 Å². The molecule has 2 nitrogen and oxygen atoms in total. The topological polar surface area (TPSA) is 24.1 Å². The van der Waals surface area contributed by atoms with Crippen LogP contribution in [0.4, 0.5) is 0 Å². The number of nitrogens with one attached hydrogen (secondary N) is 2. The molecule has 0 aromatic rings. The van der Waals surface area contributed by atoms with Crippen LogP contribution in [-0.4, -0.2) is 30.9 Å². The summed E-state index contributed by atoms with van der Waals surface area (Å²) in [6, 6.07) is 1.28. The molecule has 0 amide bonds. The third-order valence-electron chi connectivity index (χ3n) is 7.05. The Balaban J connectivity index is 1.49. The van der Waals surface area contributed by atoms with Crippen molar-refractivity contribution in [3.63, 3.8) is 0 Å². The zero-order valence-corrected chi connectivity index (χ0v) is 16.7. The second kappa shape index (κ2) is 8.02. The Morgan fingerprint density at radius 2 is 2.12 bits per heavy atom. The molecular weight excluding hydrogens is 324 g/mol.